The molecule has 6 heteroatoms. The summed E-state index contributed by atoms with van der Waals surface area (Å²) in [5.74, 6) is -0.916. The second-order valence-corrected chi connectivity index (χ2v) is 17.4. The number of rotatable bonds is 47. The van der Waals surface area contributed by atoms with Gasteiger partial charge in [-0.25, -0.2) is 0 Å². The molecule has 0 fully saturated rings. The predicted octanol–water partition coefficient (Wildman–Crippen LogP) is 17.4. The largest absolute Gasteiger partial charge is 0.462 e. The van der Waals surface area contributed by atoms with Gasteiger partial charge in [0.25, 0.3) is 0 Å². The first-order valence-corrected chi connectivity index (χ1v) is 26.4. The van der Waals surface area contributed by atoms with E-state index >= 15 is 0 Å². The van der Waals surface area contributed by atoms with Crippen molar-refractivity contribution in [1.82, 2.24) is 0 Å². The average molecular weight is 879 g/mol. The molecule has 0 heterocycles. The highest BCUT2D eigenvalue weighted by Crippen LogP contribution is 2.14. The molecule has 0 N–H and O–H groups in total. The lowest BCUT2D eigenvalue weighted by Gasteiger charge is -2.18. The molecule has 0 rings (SSSR count). The molecule has 0 bridgehead atoms. The van der Waals surface area contributed by atoms with Crippen LogP contribution in [0.2, 0.25) is 0 Å². The van der Waals surface area contributed by atoms with Crippen molar-refractivity contribution in [2.45, 2.75) is 258 Å². The third-order valence-corrected chi connectivity index (χ3v) is 11.2. The number of unbranched alkanes of at least 4 members (excludes halogenated alkanes) is 24. The van der Waals surface area contributed by atoms with Gasteiger partial charge in [0, 0.05) is 19.3 Å². The SMILES string of the molecule is CC/C=C\C/C=C\C/C=C\CCCCCCCC(=O)OC[C@H](COC(=O)CCCCCCC/C=C\CCCC)OC(=O)CCCCCCCCCCC/C=C\C/C=C\CCCCC. The number of ether oxygens (including phenoxy) is 3. The first kappa shape index (κ1) is 59.9. The molecule has 6 nitrogen and oxygen atoms in total. The number of esters is 3. The summed E-state index contributed by atoms with van der Waals surface area (Å²) in [6.07, 6.45) is 64.5. The van der Waals surface area contributed by atoms with E-state index in [-0.39, 0.29) is 31.1 Å². The first-order valence-electron chi connectivity index (χ1n) is 26.4. The van der Waals surface area contributed by atoms with Gasteiger partial charge in [0.1, 0.15) is 13.2 Å². The highest BCUT2D eigenvalue weighted by molar-refractivity contribution is 5.71. The number of carbonyl (C=O) groups excluding carboxylic acids is 3. The van der Waals surface area contributed by atoms with Gasteiger partial charge in [-0.2, -0.15) is 0 Å². The third kappa shape index (κ3) is 49.7. The molecule has 0 radical (unpaired) electrons. The molecule has 0 spiro atoms. The van der Waals surface area contributed by atoms with Crippen LogP contribution in [0.1, 0.15) is 252 Å². The molecule has 0 amide bonds. The van der Waals surface area contributed by atoms with Gasteiger partial charge in [0.05, 0.1) is 0 Å². The fraction of sp³-hybridized carbons (Fsp3) is 0.737. The van der Waals surface area contributed by atoms with Crippen molar-refractivity contribution < 1.29 is 28.6 Å². The van der Waals surface area contributed by atoms with Crippen LogP contribution < -0.4 is 0 Å². The van der Waals surface area contributed by atoms with Crippen LogP contribution in [0.15, 0.2) is 72.9 Å². The van der Waals surface area contributed by atoms with Crippen LogP contribution in [-0.2, 0) is 28.6 Å². The zero-order valence-electron chi connectivity index (χ0n) is 41.3. The van der Waals surface area contributed by atoms with Crippen molar-refractivity contribution in [2.24, 2.45) is 0 Å². The van der Waals surface area contributed by atoms with E-state index in [0.717, 1.165) is 109 Å². The summed E-state index contributed by atoms with van der Waals surface area (Å²) in [7, 11) is 0. The molecule has 0 saturated carbocycles. The molecule has 63 heavy (non-hydrogen) atoms. The molecule has 0 unspecified atom stereocenters. The molecule has 0 aromatic rings. The maximum absolute atomic E-state index is 12.8. The van der Waals surface area contributed by atoms with Gasteiger partial charge in [-0.3, -0.25) is 14.4 Å². The summed E-state index contributed by atoms with van der Waals surface area (Å²) in [4.78, 5) is 38.0. The number of carbonyl (C=O) groups is 3. The number of hydrogen-bond donors (Lipinski definition) is 0. The second kappa shape index (κ2) is 51.5. The van der Waals surface area contributed by atoms with Crippen molar-refractivity contribution in [2.75, 3.05) is 13.2 Å². The van der Waals surface area contributed by atoms with E-state index < -0.39 is 6.10 Å². The van der Waals surface area contributed by atoms with Crippen molar-refractivity contribution in [3.8, 4) is 0 Å². The van der Waals surface area contributed by atoms with Crippen LogP contribution in [0, 0.1) is 0 Å². The van der Waals surface area contributed by atoms with Crippen LogP contribution in [0.3, 0.4) is 0 Å². The van der Waals surface area contributed by atoms with Crippen LogP contribution >= 0.6 is 0 Å². The summed E-state index contributed by atoms with van der Waals surface area (Å²) in [5.41, 5.74) is 0. The second-order valence-electron chi connectivity index (χ2n) is 17.4. The fourth-order valence-electron chi connectivity index (χ4n) is 7.17. The molecule has 0 aliphatic rings. The molecule has 0 saturated heterocycles. The molecule has 0 aliphatic heterocycles. The molecule has 1 atom stereocenters. The van der Waals surface area contributed by atoms with Gasteiger partial charge in [-0.05, 0) is 103 Å². The van der Waals surface area contributed by atoms with Crippen LogP contribution in [0.25, 0.3) is 0 Å². The Balaban J connectivity index is 4.38. The Morgan fingerprint density at radius 1 is 0.333 bits per heavy atom. The Morgan fingerprint density at radius 2 is 0.635 bits per heavy atom. The maximum Gasteiger partial charge on any atom is 0.306 e. The van der Waals surface area contributed by atoms with Crippen molar-refractivity contribution in [1.29, 1.82) is 0 Å². The Kier molecular flexibility index (Phi) is 48.9. The summed E-state index contributed by atoms with van der Waals surface area (Å²) in [5, 5.41) is 0. The van der Waals surface area contributed by atoms with Crippen molar-refractivity contribution in [3.05, 3.63) is 72.9 Å². The van der Waals surface area contributed by atoms with Crippen LogP contribution in [0.5, 0.6) is 0 Å². The minimum atomic E-state index is -0.787. The van der Waals surface area contributed by atoms with Crippen molar-refractivity contribution in [3.63, 3.8) is 0 Å². The Bertz CT molecular complexity index is 1190. The Morgan fingerprint density at radius 3 is 1.03 bits per heavy atom. The summed E-state index contributed by atoms with van der Waals surface area (Å²) >= 11 is 0. The minimum Gasteiger partial charge on any atom is -0.462 e. The standard InChI is InChI=1S/C57H98O6/c1-4-7-10-13-16-19-22-24-26-27-28-29-31-33-36-39-42-45-48-51-57(60)63-54(52-61-55(58)49-46-43-40-37-34-21-18-15-12-9-6-3)53-62-56(59)50-47-44-41-38-35-32-30-25-23-20-17-14-11-8-5-2/h8,11,15-20,24-26,30,54H,4-7,9-10,12-14,21-23,27-29,31-53H2,1-3H3/b11-8-,18-15-,19-16-,20-17-,26-24-,30-25-/t54-/m0/s1. The van der Waals surface area contributed by atoms with Gasteiger partial charge in [0.2, 0.25) is 0 Å². The first-order chi connectivity index (χ1) is 31.0. The topological polar surface area (TPSA) is 78.9 Å². The summed E-state index contributed by atoms with van der Waals surface area (Å²) in [6, 6.07) is 0. The lowest BCUT2D eigenvalue weighted by atomic mass is 10.1. The zero-order chi connectivity index (χ0) is 45.8. The van der Waals surface area contributed by atoms with Crippen molar-refractivity contribution >= 4 is 17.9 Å². The average Bonchev–Trinajstić information content (AvgIpc) is 3.28. The van der Waals surface area contributed by atoms with Gasteiger partial charge in [-0.1, -0.05) is 203 Å². The Hall–Kier alpha value is -3.15. The lowest BCUT2D eigenvalue weighted by molar-refractivity contribution is -0.167. The minimum absolute atomic E-state index is 0.0872. The van der Waals surface area contributed by atoms with E-state index in [9.17, 15) is 14.4 Å². The number of allylic oxidation sites excluding steroid dienone is 12. The van der Waals surface area contributed by atoms with Gasteiger partial charge >= 0.3 is 17.9 Å². The number of hydrogen-bond acceptors (Lipinski definition) is 6. The van der Waals surface area contributed by atoms with Crippen LogP contribution in [-0.4, -0.2) is 37.2 Å². The smallest absolute Gasteiger partial charge is 0.306 e. The van der Waals surface area contributed by atoms with E-state index in [0.29, 0.717) is 19.3 Å². The molecule has 0 aliphatic carbocycles. The fourth-order valence-corrected chi connectivity index (χ4v) is 7.17. The highest BCUT2D eigenvalue weighted by Gasteiger charge is 2.19. The molecular formula is C57H98O6. The van der Waals surface area contributed by atoms with E-state index in [1.165, 1.54) is 103 Å². The van der Waals surface area contributed by atoms with E-state index in [4.69, 9.17) is 14.2 Å². The molecule has 362 valence electrons. The van der Waals surface area contributed by atoms with E-state index in [1.807, 2.05) is 0 Å². The summed E-state index contributed by atoms with van der Waals surface area (Å²) in [6.45, 7) is 6.44. The molecular weight excluding hydrogens is 781 g/mol. The lowest BCUT2D eigenvalue weighted by Crippen LogP contribution is -2.30. The predicted molar refractivity (Wildman–Crippen MR) is 270 cm³/mol. The van der Waals surface area contributed by atoms with E-state index in [2.05, 4.69) is 93.7 Å². The quantitative estimate of drug-likeness (QED) is 0.0262. The molecule has 0 aromatic heterocycles. The normalized spacial score (nSPS) is 12.6. The molecule has 0 aromatic carbocycles. The maximum atomic E-state index is 12.8. The third-order valence-electron chi connectivity index (χ3n) is 11.2. The van der Waals surface area contributed by atoms with Gasteiger partial charge in [-0.15, -0.1) is 0 Å². The van der Waals surface area contributed by atoms with Gasteiger partial charge in [0.15, 0.2) is 6.10 Å². The summed E-state index contributed by atoms with van der Waals surface area (Å²) < 4.78 is 16.8. The van der Waals surface area contributed by atoms with Gasteiger partial charge < -0.3 is 14.2 Å². The van der Waals surface area contributed by atoms with Crippen LogP contribution in [0.4, 0.5) is 0 Å². The Labute approximate surface area is 389 Å². The monoisotopic (exact) mass is 879 g/mol. The highest BCUT2D eigenvalue weighted by atomic mass is 16.6. The van der Waals surface area contributed by atoms with E-state index in [1.54, 1.807) is 0 Å². The zero-order valence-corrected chi connectivity index (χ0v) is 41.3.